The molecule has 0 unspecified atom stereocenters. The Bertz CT molecular complexity index is 2210. The number of guanidine groups is 1. The van der Waals surface area contributed by atoms with Crippen LogP contribution in [-0.2, 0) is 48.0 Å². The highest BCUT2D eigenvalue weighted by molar-refractivity contribution is 5.96. The Morgan fingerprint density at radius 1 is 0.783 bits per heavy atom. The lowest BCUT2D eigenvalue weighted by Gasteiger charge is -2.33. The summed E-state index contributed by atoms with van der Waals surface area (Å²) < 4.78 is 0. The largest absolute Gasteiger partial charge is 0.508 e. The van der Waals surface area contributed by atoms with Crippen LogP contribution >= 0.6 is 0 Å². The maximum atomic E-state index is 14.9. The molecule has 1 aliphatic rings. The molecule has 13 N–H and O–H groups in total. The fraction of sp³-hybridized carbons (Fsp3) is 0.469. The predicted octanol–water partition coefficient (Wildman–Crippen LogP) is 1.71. The van der Waals surface area contributed by atoms with Crippen molar-refractivity contribution in [2.75, 3.05) is 20.1 Å². The smallest absolute Gasteiger partial charge is 0.326 e. The van der Waals surface area contributed by atoms with Gasteiger partial charge in [-0.2, -0.15) is 0 Å². The van der Waals surface area contributed by atoms with Gasteiger partial charge in [-0.25, -0.2) is 9.59 Å². The van der Waals surface area contributed by atoms with E-state index in [4.69, 9.17) is 11.5 Å². The number of aliphatic carboxylic acids is 1. The molecule has 20 heteroatoms. The van der Waals surface area contributed by atoms with E-state index in [9.17, 15) is 48.9 Å². The summed E-state index contributed by atoms with van der Waals surface area (Å²) in [5, 5.41) is 46.1. The van der Waals surface area contributed by atoms with Crippen molar-refractivity contribution >= 4 is 47.5 Å². The van der Waals surface area contributed by atoms with E-state index in [1.165, 1.54) is 36.2 Å². The molecule has 1 aliphatic heterocycles. The molecule has 0 spiro atoms. The molecular formula is C49H68N10O10. The number of carboxylic acids is 1. The van der Waals surface area contributed by atoms with Gasteiger partial charge in [0.1, 0.15) is 47.8 Å². The Hall–Kier alpha value is -7.38. The average molecular weight is 957 g/mol. The predicted molar refractivity (Wildman–Crippen MR) is 258 cm³/mol. The molecule has 1 saturated heterocycles. The minimum atomic E-state index is -1.36. The zero-order chi connectivity index (χ0) is 50.5. The summed E-state index contributed by atoms with van der Waals surface area (Å²) in [6.45, 7) is 3.79. The van der Waals surface area contributed by atoms with Crippen LogP contribution in [-0.4, -0.2) is 124 Å². The van der Waals surface area contributed by atoms with Crippen molar-refractivity contribution < 1.29 is 48.9 Å². The lowest BCUT2D eigenvalue weighted by atomic mass is 9.96. The standard InChI is InChI=1S/C49H68N10O10/c1-4-30(2)41-45(65)54-37(25-19-31-15-21-34(60)22-16-31)46(66)59(3)40(26-20-32-17-23-35(61)24-18-32)44(64)55-39(29-33-11-6-5-7-12-33)42(62)52-27-9-8-13-36(43(63)58-41)56-49(69)57-38(47(67)68)14-10-28-53-48(50)51/h5-7,11-12,15-18,21-24,30,36-41,60-61H,4,8-10,13-14,19-20,25-29H2,1-3H3,(H,52,62)(H,54,65)(H,55,64)(H,58,63)(H,67,68)(H4,50,51,53)(H2,56,57,69)/t30-,36+,37-,38+,39-,40-,41-/m0/s1. The summed E-state index contributed by atoms with van der Waals surface area (Å²) in [5.41, 5.74) is 13.0. The number of hydrogen-bond donors (Lipinski definition) is 11. The molecule has 0 bridgehead atoms. The van der Waals surface area contributed by atoms with Crippen molar-refractivity contribution in [3.05, 3.63) is 95.6 Å². The number of carboxylic acid groups (broad SMARTS) is 1. The quantitative estimate of drug-likeness (QED) is 0.0524. The molecule has 374 valence electrons. The van der Waals surface area contributed by atoms with Crippen LogP contribution in [0.1, 0.15) is 81.9 Å². The van der Waals surface area contributed by atoms with E-state index in [0.717, 1.165) is 16.7 Å². The second kappa shape index (κ2) is 27.4. The summed E-state index contributed by atoms with van der Waals surface area (Å²) in [6.07, 6.45) is 1.98. The van der Waals surface area contributed by atoms with Gasteiger partial charge in [0.25, 0.3) is 0 Å². The van der Waals surface area contributed by atoms with Gasteiger partial charge in [0.15, 0.2) is 5.96 Å². The number of aliphatic imine (C=N–C) groups is 1. The molecule has 3 aromatic carbocycles. The first-order chi connectivity index (χ1) is 32.9. The van der Waals surface area contributed by atoms with Gasteiger partial charge in [-0.3, -0.25) is 29.0 Å². The summed E-state index contributed by atoms with van der Waals surface area (Å²) in [6, 6.07) is 13.5. The van der Waals surface area contributed by atoms with Crippen LogP contribution < -0.4 is 43.4 Å². The third kappa shape index (κ3) is 18.0. The normalized spacial score (nSPS) is 20.8. The van der Waals surface area contributed by atoms with Gasteiger partial charge in [-0.05, 0) is 105 Å². The topological polar surface area (TPSA) is 320 Å². The number of phenols is 2. The second-order valence-corrected chi connectivity index (χ2v) is 17.4. The Kier molecular flexibility index (Phi) is 21.6. The van der Waals surface area contributed by atoms with Crippen LogP contribution in [0.2, 0.25) is 0 Å². The van der Waals surface area contributed by atoms with Crippen LogP contribution in [0.15, 0.2) is 83.9 Å². The van der Waals surface area contributed by atoms with Crippen LogP contribution in [0.3, 0.4) is 0 Å². The Labute approximate surface area is 402 Å². The number of phenolic OH excluding ortho intramolecular Hbond substituents is 2. The van der Waals surface area contributed by atoms with Gasteiger partial charge in [0.05, 0.1) is 0 Å². The molecule has 69 heavy (non-hydrogen) atoms. The highest BCUT2D eigenvalue weighted by Gasteiger charge is 2.37. The number of aromatic hydroxyl groups is 2. The van der Waals surface area contributed by atoms with Crippen molar-refractivity contribution in [1.29, 1.82) is 0 Å². The zero-order valence-electron chi connectivity index (χ0n) is 39.5. The number of nitrogens with one attached hydrogen (secondary N) is 6. The van der Waals surface area contributed by atoms with Gasteiger partial charge in [0, 0.05) is 26.6 Å². The average Bonchev–Trinajstić information content (AvgIpc) is 3.32. The van der Waals surface area contributed by atoms with Crippen molar-refractivity contribution in [3.63, 3.8) is 0 Å². The number of carbonyl (C=O) groups excluding carboxylic acids is 6. The first kappa shape index (κ1) is 54.2. The first-order valence-corrected chi connectivity index (χ1v) is 23.4. The molecule has 0 radical (unpaired) electrons. The lowest BCUT2D eigenvalue weighted by Crippen LogP contribution is -2.61. The molecule has 0 aliphatic carbocycles. The third-order valence-corrected chi connectivity index (χ3v) is 12.1. The number of aryl methyl sites for hydroxylation is 2. The Morgan fingerprint density at radius 3 is 1.99 bits per heavy atom. The maximum absolute atomic E-state index is 14.9. The van der Waals surface area contributed by atoms with E-state index in [-0.39, 0.29) is 81.9 Å². The number of benzene rings is 3. The van der Waals surface area contributed by atoms with Crippen LogP contribution in [0.5, 0.6) is 11.5 Å². The molecule has 7 amide bonds. The van der Waals surface area contributed by atoms with E-state index >= 15 is 0 Å². The number of carbonyl (C=O) groups is 7. The van der Waals surface area contributed by atoms with Crippen LogP contribution in [0, 0.1) is 5.92 Å². The van der Waals surface area contributed by atoms with Crippen LogP contribution in [0.25, 0.3) is 0 Å². The molecular weight excluding hydrogens is 889 g/mol. The fourth-order valence-corrected chi connectivity index (χ4v) is 7.84. The Morgan fingerprint density at radius 2 is 1.39 bits per heavy atom. The SMILES string of the molecule is CC[C@H](C)[C@@H]1NC(=O)[C@H](NC(=O)N[C@H](CCCN=C(N)N)C(=O)O)CCCCNC(=O)[C@H](Cc2ccccc2)NC(=O)[C@H](CCc2ccc(O)cc2)N(C)C(=O)[C@H](CCc2ccc(O)cc2)NC1=O. The van der Waals surface area contributed by atoms with E-state index in [0.29, 0.717) is 19.3 Å². The van der Waals surface area contributed by atoms with Gasteiger partial charge >= 0.3 is 12.0 Å². The number of rotatable bonds is 17. The van der Waals surface area contributed by atoms with Crippen molar-refractivity contribution in [1.82, 2.24) is 36.8 Å². The summed E-state index contributed by atoms with van der Waals surface area (Å²) in [5.74, 6) is -5.09. The zero-order valence-corrected chi connectivity index (χ0v) is 39.5. The molecule has 3 aromatic rings. The summed E-state index contributed by atoms with van der Waals surface area (Å²) in [7, 11) is 1.45. The van der Waals surface area contributed by atoms with Crippen molar-refractivity contribution in [3.8, 4) is 11.5 Å². The number of nitrogens with two attached hydrogens (primary N) is 2. The van der Waals surface area contributed by atoms with Gasteiger partial charge in [0.2, 0.25) is 29.5 Å². The maximum Gasteiger partial charge on any atom is 0.326 e. The molecule has 20 nitrogen and oxygen atoms in total. The minimum Gasteiger partial charge on any atom is -0.508 e. The number of urea groups is 1. The number of nitrogens with zero attached hydrogens (tertiary/aromatic N) is 2. The molecule has 0 aromatic heterocycles. The van der Waals surface area contributed by atoms with Crippen LogP contribution in [0.4, 0.5) is 4.79 Å². The minimum absolute atomic E-state index is 0.0115. The molecule has 1 heterocycles. The summed E-state index contributed by atoms with van der Waals surface area (Å²) in [4.78, 5) is 103. The highest BCUT2D eigenvalue weighted by atomic mass is 16.4. The van der Waals surface area contributed by atoms with Gasteiger partial charge in [-0.1, -0.05) is 74.9 Å². The van der Waals surface area contributed by atoms with E-state index in [1.807, 2.05) is 37.3 Å². The molecule has 1 fully saturated rings. The van der Waals surface area contributed by atoms with Crippen molar-refractivity contribution in [2.45, 2.75) is 121 Å². The second-order valence-electron chi connectivity index (χ2n) is 17.4. The Balaban J connectivity index is 1.73. The number of likely N-dealkylation sites (N-methyl/N-ethyl adjacent to an activating group) is 1. The lowest BCUT2D eigenvalue weighted by molar-refractivity contribution is -0.143. The fourth-order valence-electron chi connectivity index (χ4n) is 7.84. The first-order valence-electron chi connectivity index (χ1n) is 23.4. The molecule has 0 saturated carbocycles. The van der Waals surface area contributed by atoms with Gasteiger partial charge < -0.3 is 63.6 Å². The molecule has 7 atom stereocenters. The van der Waals surface area contributed by atoms with Crippen molar-refractivity contribution in [2.24, 2.45) is 22.4 Å². The number of hydrogen-bond acceptors (Lipinski definition) is 10. The van der Waals surface area contributed by atoms with E-state index in [1.54, 1.807) is 31.2 Å². The summed E-state index contributed by atoms with van der Waals surface area (Å²) >= 11 is 0. The highest BCUT2D eigenvalue weighted by Crippen LogP contribution is 2.19. The molecule has 4 rings (SSSR count). The van der Waals surface area contributed by atoms with Gasteiger partial charge in [-0.15, -0.1) is 0 Å². The monoisotopic (exact) mass is 957 g/mol. The van der Waals surface area contributed by atoms with E-state index in [2.05, 4.69) is 36.9 Å². The number of amides is 7. The van der Waals surface area contributed by atoms with E-state index < -0.39 is 83.7 Å². The third-order valence-electron chi connectivity index (χ3n) is 12.1.